The van der Waals surface area contributed by atoms with E-state index in [9.17, 15) is 4.39 Å². The monoisotopic (exact) mass is 240 g/mol. The Balaban J connectivity index is 2.62. The number of anilines is 1. The summed E-state index contributed by atoms with van der Waals surface area (Å²) in [5.41, 5.74) is 6.69. The molecule has 1 aromatic carbocycles. The number of benzene rings is 1. The smallest absolute Gasteiger partial charge is 0.150 e. The van der Waals surface area contributed by atoms with Crippen LogP contribution in [0, 0.1) is 12.7 Å². The number of hydrogen-bond donors (Lipinski definition) is 2. The number of halogens is 2. The van der Waals surface area contributed by atoms with E-state index in [1.807, 2.05) is 0 Å². The van der Waals surface area contributed by atoms with E-state index in [4.69, 9.17) is 23.2 Å². The van der Waals surface area contributed by atoms with Crippen LogP contribution in [0.15, 0.2) is 18.2 Å². The van der Waals surface area contributed by atoms with Gasteiger partial charge in [0.2, 0.25) is 0 Å². The molecule has 84 valence electrons. The molecule has 0 aliphatic heterocycles. The number of hydrogen-bond acceptors (Lipinski definition) is 3. The van der Waals surface area contributed by atoms with Crippen molar-refractivity contribution >= 4 is 17.4 Å². The molecule has 0 aliphatic carbocycles. The van der Waals surface area contributed by atoms with Gasteiger partial charge in [0.05, 0.1) is 0 Å². The van der Waals surface area contributed by atoms with E-state index in [1.54, 1.807) is 13.0 Å². The zero-order chi connectivity index (χ0) is 11.9. The van der Waals surface area contributed by atoms with Crippen molar-refractivity contribution in [2.75, 3.05) is 11.6 Å². The first-order valence-corrected chi connectivity index (χ1v) is 4.93. The normalized spacial score (nSPS) is 10.7. The first kappa shape index (κ1) is 10.8. The van der Waals surface area contributed by atoms with Crippen LogP contribution in [-0.4, -0.2) is 9.66 Å². The molecule has 4 nitrogen and oxygen atoms in total. The predicted octanol–water partition coefficient (Wildman–Crippen LogP) is 1.95. The second kappa shape index (κ2) is 3.68. The van der Waals surface area contributed by atoms with Gasteiger partial charge in [0.15, 0.2) is 5.82 Å². The molecule has 6 heteroatoms. The molecule has 0 radical (unpaired) electrons. The SMILES string of the molecule is Cc1nc(-c2cc(F)cc(Cl)c2)c(N)n1N. The molecule has 0 fully saturated rings. The summed E-state index contributed by atoms with van der Waals surface area (Å²) in [7, 11) is 0. The van der Waals surface area contributed by atoms with Crippen LogP contribution in [0.3, 0.4) is 0 Å². The number of rotatable bonds is 1. The summed E-state index contributed by atoms with van der Waals surface area (Å²) < 4.78 is 14.4. The first-order valence-electron chi connectivity index (χ1n) is 4.55. The fourth-order valence-corrected chi connectivity index (χ4v) is 1.69. The summed E-state index contributed by atoms with van der Waals surface area (Å²) in [6, 6.07) is 4.11. The molecule has 0 amide bonds. The zero-order valence-electron chi connectivity index (χ0n) is 8.54. The average molecular weight is 241 g/mol. The summed E-state index contributed by atoms with van der Waals surface area (Å²) in [5, 5.41) is 0.290. The highest BCUT2D eigenvalue weighted by atomic mass is 35.5. The third-order valence-electron chi connectivity index (χ3n) is 2.26. The highest BCUT2D eigenvalue weighted by Gasteiger charge is 2.13. The minimum atomic E-state index is -0.439. The third-order valence-corrected chi connectivity index (χ3v) is 2.48. The Bertz CT molecular complexity index is 530. The van der Waals surface area contributed by atoms with Gasteiger partial charge in [0.1, 0.15) is 17.3 Å². The van der Waals surface area contributed by atoms with Crippen LogP contribution >= 0.6 is 11.6 Å². The Labute approximate surface area is 96.6 Å². The first-order chi connectivity index (χ1) is 7.49. The van der Waals surface area contributed by atoms with Crippen molar-refractivity contribution < 1.29 is 4.39 Å². The molecule has 0 unspecified atom stereocenters. The lowest BCUT2D eigenvalue weighted by Crippen LogP contribution is -2.13. The van der Waals surface area contributed by atoms with E-state index in [1.165, 1.54) is 16.8 Å². The fourth-order valence-electron chi connectivity index (χ4n) is 1.46. The standard InChI is InChI=1S/C10H10ClFN4/c1-5-15-9(10(13)16(5)14)6-2-7(11)4-8(12)3-6/h2-4H,13-14H2,1H3. The van der Waals surface area contributed by atoms with E-state index in [2.05, 4.69) is 4.98 Å². The highest BCUT2D eigenvalue weighted by Crippen LogP contribution is 2.27. The van der Waals surface area contributed by atoms with Gasteiger partial charge in [-0.1, -0.05) is 11.6 Å². The molecule has 0 aliphatic rings. The Kier molecular flexibility index (Phi) is 2.47. The van der Waals surface area contributed by atoms with E-state index < -0.39 is 5.82 Å². The molecule has 4 N–H and O–H groups in total. The Hall–Kier alpha value is -1.75. The third kappa shape index (κ3) is 1.69. The highest BCUT2D eigenvalue weighted by molar-refractivity contribution is 6.30. The Morgan fingerprint density at radius 2 is 2.06 bits per heavy atom. The average Bonchev–Trinajstić information content (AvgIpc) is 2.44. The van der Waals surface area contributed by atoms with Gasteiger partial charge in [-0.25, -0.2) is 14.1 Å². The number of imidazole rings is 1. The molecule has 0 bridgehead atoms. The maximum Gasteiger partial charge on any atom is 0.150 e. The Morgan fingerprint density at radius 1 is 1.38 bits per heavy atom. The van der Waals surface area contributed by atoms with Crippen molar-refractivity contribution in [2.45, 2.75) is 6.92 Å². The molecule has 2 rings (SSSR count). The molecular formula is C10H10ClFN4. The van der Waals surface area contributed by atoms with Crippen molar-refractivity contribution in [3.05, 3.63) is 34.9 Å². The molecule has 0 saturated carbocycles. The number of aromatic nitrogens is 2. The second-order valence-electron chi connectivity index (χ2n) is 3.42. The number of aryl methyl sites for hydroxylation is 1. The number of nitrogens with two attached hydrogens (primary N) is 2. The Morgan fingerprint density at radius 3 is 2.56 bits per heavy atom. The van der Waals surface area contributed by atoms with E-state index in [-0.39, 0.29) is 5.82 Å². The lowest BCUT2D eigenvalue weighted by molar-refractivity contribution is 0.628. The van der Waals surface area contributed by atoms with Crippen LogP contribution in [0.5, 0.6) is 0 Å². The summed E-state index contributed by atoms with van der Waals surface area (Å²) in [6.07, 6.45) is 0. The molecule has 2 aromatic rings. The van der Waals surface area contributed by atoms with E-state index in [0.717, 1.165) is 0 Å². The zero-order valence-corrected chi connectivity index (χ0v) is 9.29. The number of nitrogens with zero attached hydrogens (tertiary/aromatic N) is 2. The van der Waals surface area contributed by atoms with Gasteiger partial charge in [0, 0.05) is 10.6 Å². The van der Waals surface area contributed by atoms with Crippen LogP contribution in [-0.2, 0) is 0 Å². The van der Waals surface area contributed by atoms with E-state index >= 15 is 0 Å². The van der Waals surface area contributed by atoms with Gasteiger partial charge in [-0.2, -0.15) is 0 Å². The lowest BCUT2D eigenvalue weighted by Gasteiger charge is -2.01. The van der Waals surface area contributed by atoms with Crippen LogP contribution in [0.4, 0.5) is 10.2 Å². The molecular weight excluding hydrogens is 231 g/mol. The van der Waals surface area contributed by atoms with Crippen LogP contribution < -0.4 is 11.6 Å². The number of nitrogen functional groups attached to an aromatic ring is 2. The minimum absolute atomic E-state index is 0.277. The van der Waals surface area contributed by atoms with Crippen LogP contribution in [0.1, 0.15) is 5.82 Å². The van der Waals surface area contributed by atoms with Gasteiger partial charge in [-0.15, -0.1) is 0 Å². The van der Waals surface area contributed by atoms with E-state index in [0.29, 0.717) is 22.1 Å². The lowest BCUT2D eigenvalue weighted by atomic mass is 10.1. The topological polar surface area (TPSA) is 69.9 Å². The maximum atomic E-state index is 13.2. The summed E-state index contributed by atoms with van der Waals surface area (Å²) in [5.74, 6) is 6.01. The van der Waals surface area contributed by atoms with Crippen molar-refractivity contribution in [1.82, 2.24) is 9.66 Å². The minimum Gasteiger partial charge on any atom is -0.382 e. The summed E-state index contributed by atoms with van der Waals surface area (Å²) >= 11 is 5.75. The van der Waals surface area contributed by atoms with Crippen molar-refractivity contribution in [2.24, 2.45) is 0 Å². The van der Waals surface area contributed by atoms with Gasteiger partial charge in [0.25, 0.3) is 0 Å². The molecule has 0 atom stereocenters. The molecule has 1 aromatic heterocycles. The molecule has 0 spiro atoms. The van der Waals surface area contributed by atoms with Gasteiger partial charge < -0.3 is 11.6 Å². The van der Waals surface area contributed by atoms with Crippen LogP contribution in [0.2, 0.25) is 5.02 Å². The molecule has 16 heavy (non-hydrogen) atoms. The molecule has 1 heterocycles. The fraction of sp³-hybridized carbons (Fsp3) is 0.100. The molecule has 0 saturated heterocycles. The maximum absolute atomic E-state index is 13.2. The van der Waals surface area contributed by atoms with Gasteiger partial charge in [-0.05, 0) is 25.1 Å². The second-order valence-corrected chi connectivity index (χ2v) is 3.86. The quantitative estimate of drug-likeness (QED) is 0.749. The van der Waals surface area contributed by atoms with Gasteiger partial charge in [-0.3, -0.25) is 0 Å². The summed E-state index contributed by atoms with van der Waals surface area (Å²) in [6.45, 7) is 1.71. The van der Waals surface area contributed by atoms with Crippen molar-refractivity contribution in [3.8, 4) is 11.3 Å². The predicted molar refractivity (Wildman–Crippen MR) is 61.9 cm³/mol. The van der Waals surface area contributed by atoms with Crippen molar-refractivity contribution in [1.29, 1.82) is 0 Å². The van der Waals surface area contributed by atoms with Crippen LogP contribution in [0.25, 0.3) is 11.3 Å². The summed E-state index contributed by atoms with van der Waals surface area (Å²) in [4.78, 5) is 4.15. The van der Waals surface area contributed by atoms with Gasteiger partial charge >= 0.3 is 0 Å². The van der Waals surface area contributed by atoms with Crippen molar-refractivity contribution in [3.63, 3.8) is 0 Å². The largest absolute Gasteiger partial charge is 0.382 e.